The van der Waals surface area contributed by atoms with Crippen LogP contribution in [-0.4, -0.2) is 77.5 Å². The van der Waals surface area contributed by atoms with E-state index in [1.165, 1.54) is 4.90 Å². The number of carbonyl (C=O) groups is 3. The van der Waals surface area contributed by atoms with Crippen molar-refractivity contribution in [1.82, 2.24) is 19.9 Å². The van der Waals surface area contributed by atoms with Gasteiger partial charge in [-0.25, -0.2) is 22.2 Å². The first-order valence-corrected chi connectivity index (χ1v) is 18.2. The minimum absolute atomic E-state index is 0.00418. The molecule has 4 fully saturated rings. The third kappa shape index (κ3) is 6.31. The number of sulfonamides is 1. The monoisotopic (exact) mass is 683 g/mol. The van der Waals surface area contributed by atoms with E-state index in [0.29, 0.717) is 37.1 Å². The molecule has 11 nitrogen and oxygen atoms in total. The topological polar surface area (TPSA) is 161 Å². The lowest BCUT2D eigenvalue weighted by molar-refractivity contribution is -0.140. The molecule has 2 aromatic carbocycles. The van der Waals surface area contributed by atoms with E-state index >= 15 is 8.78 Å². The molecule has 3 aromatic rings. The Morgan fingerprint density at radius 2 is 1.69 bits per heavy atom. The summed E-state index contributed by atoms with van der Waals surface area (Å²) in [5, 5.41) is 4.54. The molecular formula is C34H39F2N5O6S. The molecule has 0 bridgehead atoms. The normalized spacial score (nSPS) is 29.7. The van der Waals surface area contributed by atoms with Gasteiger partial charge in [0.25, 0.3) is 5.91 Å². The van der Waals surface area contributed by atoms with E-state index in [-0.39, 0.29) is 32.2 Å². The van der Waals surface area contributed by atoms with Gasteiger partial charge >= 0.3 is 0 Å². The highest BCUT2D eigenvalue weighted by Gasteiger charge is 2.65. The third-order valence-electron chi connectivity index (χ3n) is 10.2. The van der Waals surface area contributed by atoms with Crippen molar-refractivity contribution in [2.24, 2.45) is 11.7 Å². The number of nitrogens with zero attached hydrogens (tertiary/aromatic N) is 2. The van der Waals surface area contributed by atoms with E-state index in [4.69, 9.17) is 15.5 Å². The van der Waals surface area contributed by atoms with Crippen LogP contribution in [0.3, 0.4) is 0 Å². The third-order valence-corrected chi connectivity index (χ3v) is 12.0. The first-order valence-electron chi connectivity index (χ1n) is 16.6. The second-order valence-corrected chi connectivity index (χ2v) is 15.7. The van der Waals surface area contributed by atoms with Crippen LogP contribution in [0.4, 0.5) is 8.78 Å². The number of halogens is 2. The highest BCUT2D eigenvalue weighted by molar-refractivity contribution is 7.91. The zero-order valence-corrected chi connectivity index (χ0v) is 27.2. The molecule has 4 aliphatic rings. The Hall–Kier alpha value is -3.91. The maximum absolute atomic E-state index is 15.1. The Balaban J connectivity index is 1.19. The molecule has 3 heterocycles. The van der Waals surface area contributed by atoms with Crippen molar-refractivity contribution in [2.45, 2.75) is 99.1 Å². The number of amides is 3. The van der Waals surface area contributed by atoms with Gasteiger partial charge in [-0.2, -0.15) is 0 Å². The standard InChI is InChI=1S/C34H39F2N5O6S/c35-33(36)15-7-1-2-11-26(37)31(43)41-19-21(47-30-25-10-4-3-8-23(25)24-9-5-6-12-27(24)38-30)16-28(41)29(42)39-34(18-20(34)17-33)32(44)40-48(45,46)22-13-14-22/h3-6,8-10,12,20-22,26,28H,1-2,7,11,13-19,37H2,(H,39,42)(H,40,44)/t20?,21-,26+,28+,34-/m1/s1. The van der Waals surface area contributed by atoms with E-state index < -0.39 is 81.4 Å². The number of carbonyl (C=O) groups excluding carboxylic acids is 3. The number of alkyl halides is 2. The molecule has 1 unspecified atom stereocenters. The zero-order valence-electron chi connectivity index (χ0n) is 26.4. The molecule has 256 valence electrons. The molecule has 48 heavy (non-hydrogen) atoms. The summed E-state index contributed by atoms with van der Waals surface area (Å²) in [5.41, 5.74) is 5.16. The van der Waals surface area contributed by atoms with Crippen LogP contribution in [0.15, 0.2) is 48.5 Å². The summed E-state index contributed by atoms with van der Waals surface area (Å²) in [6.45, 7) is 0.00418. The Labute approximate surface area is 277 Å². The fraction of sp³-hybridized carbons (Fsp3) is 0.529. The highest BCUT2D eigenvalue weighted by Crippen LogP contribution is 2.51. The molecule has 3 amide bonds. The maximum Gasteiger partial charge on any atom is 0.259 e. The van der Waals surface area contributed by atoms with E-state index in [9.17, 15) is 22.8 Å². The Bertz CT molecular complexity index is 1890. The first kappa shape index (κ1) is 32.6. The van der Waals surface area contributed by atoms with Gasteiger partial charge in [0.1, 0.15) is 17.7 Å². The van der Waals surface area contributed by atoms with Crippen LogP contribution in [0.5, 0.6) is 5.88 Å². The summed E-state index contributed by atoms with van der Waals surface area (Å²) in [7, 11) is -4.02. The molecule has 14 heteroatoms. The fourth-order valence-corrected chi connectivity index (χ4v) is 8.63. The number of rotatable bonds is 5. The first-order chi connectivity index (χ1) is 22.9. The summed E-state index contributed by atoms with van der Waals surface area (Å²) in [5.74, 6) is -6.04. The molecule has 2 aliphatic heterocycles. The van der Waals surface area contributed by atoms with E-state index in [0.717, 1.165) is 16.2 Å². The Kier molecular flexibility index (Phi) is 8.30. The molecule has 2 saturated heterocycles. The molecular weight excluding hydrogens is 644 g/mol. The van der Waals surface area contributed by atoms with Crippen LogP contribution in [0.25, 0.3) is 21.7 Å². The number of aromatic nitrogens is 1. The predicted octanol–water partition coefficient (Wildman–Crippen LogP) is 3.54. The number of benzene rings is 2. The largest absolute Gasteiger partial charge is 0.472 e. The molecule has 5 atom stereocenters. The lowest BCUT2D eigenvalue weighted by Gasteiger charge is -2.28. The van der Waals surface area contributed by atoms with Gasteiger partial charge in [-0.15, -0.1) is 0 Å². The molecule has 7 rings (SSSR count). The average Bonchev–Trinajstić information content (AvgIpc) is 3.97. The number of ether oxygens (including phenoxy) is 1. The van der Waals surface area contributed by atoms with Gasteiger partial charge < -0.3 is 20.7 Å². The van der Waals surface area contributed by atoms with Crippen LogP contribution in [0.1, 0.15) is 64.2 Å². The minimum atomic E-state index is -4.02. The fourth-order valence-electron chi connectivity index (χ4n) is 7.27. The number of nitrogens with one attached hydrogen (secondary N) is 2. The van der Waals surface area contributed by atoms with Crippen molar-refractivity contribution in [2.75, 3.05) is 6.54 Å². The SMILES string of the molecule is N[C@H]1CCCCCC(F)(F)CC2C[C@@]2(C(=O)NS(=O)(=O)C2CC2)NC(=O)[C@@H]2C[C@@H](Oc3nc4ccccc4c4ccccc34)CN2C1=O. The van der Waals surface area contributed by atoms with Crippen molar-refractivity contribution in [3.05, 3.63) is 48.5 Å². The summed E-state index contributed by atoms with van der Waals surface area (Å²) in [6, 6.07) is 13.1. The van der Waals surface area contributed by atoms with Gasteiger partial charge in [-0.3, -0.25) is 19.1 Å². The Morgan fingerprint density at radius 1 is 0.979 bits per heavy atom. The summed E-state index contributed by atoms with van der Waals surface area (Å²) in [4.78, 5) is 47.4. The second kappa shape index (κ2) is 12.2. The lowest BCUT2D eigenvalue weighted by atomic mass is 10.0. The van der Waals surface area contributed by atoms with Crippen LogP contribution in [0.2, 0.25) is 0 Å². The molecule has 2 saturated carbocycles. The quantitative estimate of drug-likeness (QED) is 0.345. The number of pyridine rings is 1. The van der Waals surface area contributed by atoms with Gasteiger partial charge in [-0.1, -0.05) is 49.2 Å². The number of hydrogen-bond acceptors (Lipinski definition) is 8. The van der Waals surface area contributed by atoms with Gasteiger partial charge in [-0.05, 0) is 55.5 Å². The second-order valence-electron chi connectivity index (χ2n) is 13.8. The van der Waals surface area contributed by atoms with Crippen molar-refractivity contribution in [1.29, 1.82) is 0 Å². The molecule has 0 spiro atoms. The van der Waals surface area contributed by atoms with E-state index in [1.54, 1.807) is 0 Å². The van der Waals surface area contributed by atoms with Crippen molar-refractivity contribution < 1.29 is 36.3 Å². The van der Waals surface area contributed by atoms with Gasteiger partial charge in [0, 0.05) is 30.0 Å². The van der Waals surface area contributed by atoms with Crippen molar-refractivity contribution >= 4 is 49.4 Å². The van der Waals surface area contributed by atoms with Crippen LogP contribution >= 0.6 is 0 Å². The van der Waals surface area contributed by atoms with Gasteiger partial charge in [0.05, 0.1) is 23.4 Å². The predicted molar refractivity (Wildman–Crippen MR) is 173 cm³/mol. The average molecular weight is 684 g/mol. The minimum Gasteiger partial charge on any atom is -0.472 e. The zero-order chi connectivity index (χ0) is 33.8. The highest BCUT2D eigenvalue weighted by atomic mass is 32.2. The molecule has 0 radical (unpaired) electrons. The van der Waals surface area contributed by atoms with Gasteiger partial charge in [0.15, 0.2) is 0 Å². The molecule has 1 aromatic heterocycles. The summed E-state index contributed by atoms with van der Waals surface area (Å²) in [6.07, 6.45) is 0.203. The summed E-state index contributed by atoms with van der Waals surface area (Å²) < 4.78 is 64.0. The van der Waals surface area contributed by atoms with E-state index in [2.05, 4.69) is 10.0 Å². The number of fused-ring (bicyclic) bond motifs is 5. The van der Waals surface area contributed by atoms with Gasteiger partial charge in [0.2, 0.25) is 33.6 Å². The lowest BCUT2D eigenvalue weighted by Crippen LogP contribution is -2.58. The van der Waals surface area contributed by atoms with Crippen molar-refractivity contribution in [3.8, 4) is 5.88 Å². The number of para-hydroxylation sites is 1. The summed E-state index contributed by atoms with van der Waals surface area (Å²) >= 11 is 0. The van der Waals surface area contributed by atoms with E-state index in [1.807, 2.05) is 48.5 Å². The van der Waals surface area contributed by atoms with Crippen LogP contribution in [-0.2, 0) is 24.4 Å². The van der Waals surface area contributed by atoms with Crippen molar-refractivity contribution in [3.63, 3.8) is 0 Å². The smallest absolute Gasteiger partial charge is 0.259 e. The Morgan fingerprint density at radius 3 is 2.44 bits per heavy atom. The number of nitrogens with two attached hydrogens (primary N) is 1. The maximum atomic E-state index is 15.1. The molecule has 4 N–H and O–H groups in total. The van der Waals surface area contributed by atoms with Crippen LogP contribution in [0, 0.1) is 5.92 Å². The molecule has 2 aliphatic carbocycles. The van der Waals surface area contributed by atoms with Crippen LogP contribution < -0.4 is 20.5 Å². The number of hydrogen-bond donors (Lipinski definition) is 3.